The van der Waals surface area contributed by atoms with Gasteiger partial charge in [-0.25, -0.2) is 0 Å². The van der Waals surface area contributed by atoms with Crippen LogP contribution in [-0.4, -0.2) is 41.5 Å². The van der Waals surface area contributed by atoms with Gasteiger partial charge in [-0.05, 0) is 19.3 Å². The summed E-state index contributed by atoms with van der Waals surface area (Å²) in [4.78, 5) is 35.8. The van der Waals surface area contributed by atoms with Crippen LogP contribution in [0, 0.1) is 11.3 Å². The fourth-order valence-electron chi connectivity index (χ4n) is 1.55. The van der Waals surface area contributed by atoms with Crippen LogP contribution in [0.4, 0.5) is 0 Å². The molecule has 0 spiro atoms. The molecule has 2 unspecified atom stereocenters. The predicted molar refractivity (Wildman–Crippen MR) is 64.2 cm³/mol. The Bertz CT molecular complexity index is 392. The summed E-state index contributed by atoms with van der Waals surface area (Å²) in [6, 6.07) is -1.88. The van der Waals surface area contributed by atoms with E-state index in [0.29, 0.717) is 0 Å². The third-order valence-corrected chi connectivity index (χ3v) is 6.42. The molecule has 18 heavy (non-hydrogen) atoms. The SMILES string of the molecule is CC(=N)CC(C)C(N)C(O)(P(=O)(O)O)P(=O)(O)O. The van der Waals surface area contributed by atoms with E-state index in [0.717, 1.165) is 0 Å². The molecule has 2 atom stereocenters. The van der Waals surface area contributed by atoms with Crippen molar-refractivity contribution in [2.45, 2.75) is 31.4 Å². The molecule has 11 heteroatoms. The molecule has 0 aromatic rings. The van der Waals surface area contributed by atoms with Crippen LogP contribution < -0.4 is 5.73 Å². The van der Waals surface area contributed by atoms with Crippen LogP contribution in [0.1, 0.15) is 20.3 Å². The average molecular weight is 304 g/mol. The molecule has 0 aromatic carbocycles. The molecule has 0 fully saturated rings. The second kappa shape index (κ2) is 5.48. The average Bonchev–Trinajstić information content (AvgIpc) is 2.10. The monoisotopic (exact) mass is 304 g/mol. The zero-order chi connectivity index (χ0) is 14.9. The van der Waals surface area contributed by atoms with Crippen molar-refractivity contribution in [3.8, 4) is 0 Å². The van der Waals surface area contributed by atoms with E-state index >= 15 is 0 Å². The lowest BCUT2D eigenvalue weighted by Gasteiger charge is -2.37. The minimum absolute atomic E-state index is 0.0521. The van der Waals surface area contributed by atoms with Gasteiger partial charge in [0.15, 0.2) is 0 Å². The first kappa shape index (κ1) is 17.9. The number of rotatable bonds is 6. The number of hydrogen-bond acceptors (Lipinski definition) is 5. The zero-order valence-corrected chi connectivity index (χ0v) is 11.7. The molecule has 0 radical (unpaired) electrons. The van der Waals surface area contributed by atoms with Crippen LogP contribution in [0.3, 0.4) is 0 Å². The molecule has 0 rings (SSSR count). The molecule has 0 saturated heterocycles. The minimum Gasteiger partial charge on any atom is -0.366 e. The van der Waals surface area contributed by atoms with Crippen molar-refractivity contribution in [2.24, 2.45) is 11.7 Å². The molecule has 0 aliphatic carbocycles. The van der Waals surface area contributed by atoms with Gasteiger partial charge in [0, 0.05) is 5.71 Å². The first-order valence-electron chi connectivity index (χ1n) is 4.88. The highest BCUT2D eigenvalue weighted by atomic mass is 31.2. The summed E-state index contributed by atoms with van der Waals surface area (Å²) in [7, 11) is -11.1. The summed E-state index contributed by atoms with van der Waals surface area (Å²) in [6.07, 6.45) is -0.0521. The predicted octanol–water partition coefficient (Wildman–Crippen LogP) is -0.619. The van der Waals surface area contributed by atoms with Crippen molar-refractivity contribution in [2.75, 3.05) is 0 Å². The smallest absolute Gasteiger partial charge is 0.366 e. The Morgan fingerprint density at radius 2 is 1.61 bits per heavy atom. The van der Waals surface area contributed by atoms with Crippen molar-refractivity contribution in [1.29, 1.82) is 5.41 Å². The summed E-state index contributed by atoms with van der Waals surface area (Å²) < 4.78 is 22.3. The summed E-state index contributed by atoms with van der Waals surface area (Å²) in [6.45, 7) is 2.73. The molecule has 0 heterocycles. The van der Waals surface area contributed by atoms with Gasteiger partial charge >= 0.3 is 15.2 Å². The third kappa shape index (κ3) is 3.46. The molecule has 8 N–H and O–H groups in total. The van der Waals surface area contributed by atoms with Gasteiger partial charge in [0.25, 0.3) is 5.08 Å². The number of aliphatic hydroxyl groups is 1. The molecule has 0 saturated carbocycles. The Hall–Kier alpha value is -0.110. The lowest BCUT2D eigenvalue weighted by molar-refractivity contribution is 0.0908. The zero-order valence-electron chi connectivity index (χ0n) is 9.89. The lowest BCUT2D eigenvalue weighted by atomic mass is 9.97. The van der Waals surface area contributed by atoms with Gasteiger partial charge in [0.2, 0.25) is 0 Å². The molecular weight excluding hydrogens is 286 g/mol. The number of nitrogens with two attached hydrogens (primary N) is 1. The summed E-state index contributed by atoms with van der Waals surface area (Å²) >= 11 is 0. The van der Waals surface area contributed by atoms with Gasteiger partial charge in [-0.2, -0.15) is 0 Å². The van der Waals surface area contributed by atoms with E-state index < -0.39 is 32.2 Å². The quantitative estimate of drug-likeness (QED) is 0.250. The van der Waals surface area contributed by atoms with Crippen LogP contribution in [0.15, 0.2) is 0 Å². The number of nitrogens with one attached hydrogen (secondary N) is 1. The van der Waals surface area contributed by atoms with Gasteiger partial charge in [0.1, 0.15) is 0 Å². The topological polar surface area (TPSA) is 185 Å². The van der Waals surface area contributed by atoms with Crippen LogP contribution in [0.25, 0.3) is 0 Å². The first-order valence-corrected chi connectivity index (χ1v) is 8.11. The van der Waals surface area contributed by atoms with Crippen molar-refractivity contribution in [3.05, 3.63) is 0 Å². The van der Waals surface area contributed by atoms with Gasteiger partial charge in [-0.3, -0.25) is 9.13 Å². The van der Waals surface area contributed by atoms with E-state index in [-0.39, 0.29) is 12.1 Å². The van der Waals surface area contributed by atoms with Crippen molar-refractivity contribution in [1.82, 2.24) is 0 Å². The second-order valence-corrected chi connectivity index (χ2v) is 8.16. The minimum atomic E-state index is -5.57. The van der Waals surface area contributed by atoms with Gasteiger partial charge in [-0.1, -0.05) is 6.92 Å². The summed E-state index contributed by atoms with van der Waals surface area (Å²) in [5, 5.41) is 13.3. The maximum Gasteiger partial charge on any atom is 0.371 e. The second-order valence-electron chi connectivity index (χ2n) is 4.26. The van der Waals surface area contributed by atoms with Crippen LogP contribution in [0.2, 0.25) is 0 Å². The highest BCUT2D eigenvalue weighted by molar-refractivity contribution is 7.72. The molecule has 0 bridgehead atoms. The molecule has 0 aliphatic heterocycles. The molecular formula is C7H18N2O7P2. The van der Waals surface area contributed by atoms with Crippen molar-refractivity contribution >= 4 is 20.9 Å². The molecule has 0 aromatic heterocycles. The van der Waals surface area contributed by atoms with Gasteiger partial charge in [-0.15, -0.1) is 0 Å². The van der Waals surface area contributed by atoms with E-state index in [4.69, 9.17) is 30.7 Å². The maximum absolute atomic E-state index is 11.2. The van der Waals surface area contributed by atoms with Crippen molar-refractivity contribution < 1.29 is 33.8 Å². The Balaban J connectivity index is 5.58. The molecule has 0 amide bonds. The lowest BCUT2D eigenvalue weighted by Crippen LogP contribution is -2.51. The maximum atomic E-state index is 11.2. The largest absolute Gasteiger partial charge is 0.371 e. The van der Waals surface area contributed by atoms with E-state index in [1.165, 1.54) is 13.8 Å². The highest BCUT2D eigenvalue weighted by Crippen LogP contribution is 2.69. The Morgan fingerprint density at radius 1 is 1.28 bits per heavy atom. The highest BCUT2D eigenvalue weighted by Gasteiger charge is 2.64. The molecule has 0 aliphatic rings. The normalized spacial score (nSPS) is 17.3. The number of hydrogen-bond donors (Lipinski definition) is 7. The first-order chi connectivity index (χ1) is 7.75. The molecule has 9 nitrogen and oxygen atoms in total. The Morgan fingerprint density at radius 3 is 1.83 bits per heavy atom. The van der Waals surface area contributed by atoms with E-state index in [9.17, 15) is 14.2 Å². The van der Waals surface area contributed by atoms with Crippen molar-refractivity contribution in [3.63, 3.8) is 0 Å². The van der Waals surface area contributed by atoms with Gasteiger partial charge in [0.05, 0.1) is 6.04 Å². The van der Waals surface area contributed by atoms with Crippen LogP contribution >= 0.6 is 15.2 Å². The molecule has 108 valence electrons. The fraction of sp³-hybridized carbons (Fsp3) is 0.857. The third-order valence-electron chi connectivity index (χ3n) is 2.55. The van der Waals surface area contributed by atoms with E-state index in [1.807, 2.05) is 0 Å². The Kier molecular flexibility index (Phi) is 5.45. The summed E-state index contributed by atoms with van der Waals surface area (Å²) in [5.74, 6) is -0.896. The van der Waals surface area contributed by atoms with E-state index in [2.05, 4.69) is 0 Å². The van der Waals surface area contributed by atoms with Crippen LogP contribution in [-0.2, 0) is 9.13 Å². The Labute approximate surface area is 104 Å². The standard InChI is InChI=1S/C7H18N2O7P2/c1-4(3-5(2)8)6(9)7(10,17(11,12)13)18(14,15)16/h4,6,8,10H,3,9H2,1-2H3,(H2,11,12,13)(H2,14,15,16). The van der Waals surface area contributed by atoms with Gasteiger partial charge < -0.3 is 35.8 Å². The summed E-state index contributed by atoms with van der Waals surface area (Å²) in [5.41, 5.74) is 5.49. The van der Waals surface area contributed by atoms with E-state index in [1.54, 1.807) is 0 Å². The fourth-order valence-corrected chi connectivity index (χ4v) is 4.19. The van der Waals surface area contributed by atoms with Crippen LogP contribution in [0.5, 0.6) is 0 Å².